The second kappa shape index (κ2) is 4.64. The molecule has 3 rings (SSSR count). The molecule has 0 bridgehead atoms. The Morgan fingerprint density at radius 2 is 1.50 bits per heavy atom. The van der Waals surface area contributed by atoms with Gasteiger partial charge in [0.25, 0.3) is 0 Å². The number of nitrogens with zero attached hydrogens (tertiary/aromatic N) is 3. The van der Waals surface area contributed by atoms with E-state index in [4.69, 9.17) is 5.53 Å². The van der Waals surface area contributed by atoms with Crippen molar-refractivity contribution in [1.29, 1.82) is 0 Å². The molecule has 0 unspecified atom stereocenters. The molecule has 0 aliphatic heterocycles. The summed E-state index contributed by atoms with van der Waals surface area (Å²) in [6, 6.07) is 11.7. The second-order valence-electron chi connectivity index (χ2n) is 4.47. The first-order chi connectivity index (χ1) is 9.72. The SMILES string of the molecule is [N-]=[N+]=NCc1ccc2c(c1)C(=O)c1ccccc1C2=O. The van der Waals surface area contributed by atoms with Gasteiger partial charge in [-0.25, -0.2) is 0 Å². The van der Waals surface area contributed by atoms with Crippen LogP contribution < -0.4 is 0 Å². The Morgan fingerprint density at radius 3 is 2.15 bits per heavy atom. The summed E-state index contributed by atoms with van der Waals surface area (Å²) in [4.78, 5) is 27.5. The number of carbonyl (C=O) groups excluding carboxylic acids is 2. The van der Waals surface area contributed by atoms with Gasteiger partial charge in [-0.2, -0.15) is 0 Å². The molecule has 0 fully saturated rings. The maximum Gasteiger partial charge on any atom is 0.194 e. The number of rotatable bonds is 2. The van der Waals surface area contributed by atoms with E-state index in [9.17, 15) is 9.59 Å². The summed E-state index contributed by atoms with van der Waals surface area (Å²) in [5.41, 5.74) is 10.7. The van der Waals surface area contributed by atoms with Crippen molar-refractivity contribution < 1.29 is 9.59 Å². The summed E-state index contributed by atoms with van der Waals surface area (Å²) >= 11 is 0. The smallest absolute Gasteiger partial charge is 0.194 e. The van der Waals surface area contributed by atoms with Crippen molar-refractivity contribution in [3.05, 3.63) is 80.7 Å². The van der Waals surface area contributed by atoms with Gasteiger partial charge in [0.1, 0.15) is 0 Å². The van der Waals surface area contributed by atoms with E-state index in [2.05, 4.69) is 10.0 Å². The van der Waals surface area contributed by atoms with Gasteiger partial charge in [-0.15, -0.1) is 0 Å². The van der Waals surface area contributed by atoms with Crippen molar-refractivity contribution in [2.75, 3.05) is 0 Å². The van der Waals surface area contributed by atoms with E-state index in [1.54, 1.807) is 42.5 Å². The minimum Gasteiger partial charge on any atom is -0.289 e. The Kier molecular flexibility index (Phi) is 2.82. The van der Waals surface area contributed by atoms with Crippen LogP contribution >= 0.6 is 0 Å². The molecule has 2 aromatic carbocycles. The third-order valence-electron chi connectivity index (χ3n) is 3.31. The molecular weight excluding hydrogens is 254 g/mol. The molecule has 1 aliphatic carbocycles. The molecule has 5 nitrogen and oxygen atoms in total. The maximum absolute atomic E-state index is 12.4. The van der Waals surface area contributed by atoms with Crippen LogP contribution in [0.1, 0.15) is 37.4 Å². The molecular formula is C15H9N3O2. The van der Waals surface area contributed by atoms with Crippen molar-refractivity contribution in [2.45, 2.75) is 6.54 Å². The first-order valence-corrected chi connectivity index (χ1v) is 6.04. The van der Waals surface area contributed by atoms with Crippen LogP contribution in [-0.4, -0.2) is 11.6 Å². The van der Waals surface area contributed by atoms with E-state index in [-0.39, 0.29) is 18.1 Å². The van der Waals surface area contributed by atoms with Crippen LogP contribution in [-0.2, 0) is 6.54 Å². The summed E-state index contributed by atoms with van der Waals surface area (Å²) < 4.78 is 0. The Labute approximate surface area is 114 Å². The molecule has 0 N–H and O–H groups in total. The minimum atomic E-state index is -0.169. The highest BCUT2D eigenvalue weighted by Gasteiger charge is 2.29. The molecule has 0 heterocycles. The van der Waals surface area contributed by atoms with Crippen molar-refractivity contribution in [3.8, 4) is 0 Å². The molecule has 96 valence electrons. The Hall–Kier alpha value is -2.91. The lowest BCUT2D eigenvalue weighted by molar-refractivity contribution is 0.0979. The fourth-order valence-corrected chi connectivity index (χ4v) is 2.36. The molecule has 0 radical (unpaired) electrons. The Balaban J connectivity index is 2.15. The molecule has 0 saturated carbocycles. The van der Waals surface area contributed by atoms with E-state index >= 15 is 0 Å². The number of hydrogen-bond acceptors (Lipinski definition) is 3. The van der Waals surface area contributed by atoms with E-state index < -0.39 is 0 Å². The number of benzene rings is 2. The van der Waals surface area contributed by atoms with Crippen LogP contribution in [0.3, 0.4) is 0 Å². The third-order valence-corrected chi connectivity index (χ3v) is 3.31. The molecule has 0 saturated heterocycles. The van der Waals surface area contributed by atoms with Gasteiger partial charge in [-0.05, 0) is 17.2 Å². The molecule has 20 heavy (non-hydrogen) atoms. The fraction of sp³-hybridized carbons (Fsp3) is 0.0667. The highest BCUT2D eigenvalue weighted by molar-refractivity contribution is 6.28. The molecule has 0 amide bonds. The standard InChI is InChI=1S/C15H9N3O2/c16-18-17-8-9-5-6-12-13(7-9)15(20)11-4-2-1-3-10(11)14(12)19/h1-7H,8H2. The number of ketones is 2. The summed E-state index contributed by atoms with van der Waals surface area (Å²) in [5, 5.41) is 3.46. The lowest BCUT2D eigenvalue weighted by atomic mass is 9.83. The van der Waals surface area contributed by atoms with E-state index in [1.807, 2.05) is 0 Å². The molecule has 2 aromatic rings. The van der Waals surface area contributed by atoms with Gasteiger partial charge < -0.3 is 0 Å². The summed E-state index contributed by atoms with van der Waals surface area (Å²) in [6.07, 6.45) is 0. The summed E-state index contributed by atoms with van der Waals surface area (Å²) in [7, 11) is 0. The average Bonchev–Trinajstić information content (AvgIpc) is 2.50. The van der Waals surface area contributed by atoms with E-state index in [0.717, 1.165) is 0 Å². The largest absolute Gasteiger partial charge is 0.289 e. The molecule has 5 heteroatoms. The number of hydrogen-bond donors (Lipinski definition) is 0. The highest BCUT2D eigenvalue weighted by Crippen LogP contribution is 2.27. The minimum absolute atomic E-state index is 0.148. The van der Waals surface area contributed by atoms with Crippen LogP contribution in [0.15, 0.2) is 47.6 Å². The van der Waals surface area contributed by atoms with Crippen molar-refractivity contribution in [2.24, 2.45) is 5.11 Å². The van der Waals surface area contributed by atoms with Crippen LogP contribution in [0.5, 0.6) is 0 Å². The van der Waals surface area contributed by atoms with Gasteiger partial charge in [0.05, 0.1) is 6.54 Å². The Morgan fingerprint density at radius 1 is 0.900 bits per heavy atom. The van der Waals surface area contributed by atoms with Crippen molar-refractivity contribution in [3.63, 3.8) is 0 Å². The predicted molar refractivity (Wildman–Crippen MR) is 72.6 cm³/mol. The number of fused-ring (bicyclic) bond motifs is 2. The Bertz CT molecular complexity index is 789. The zero-order chi connectivity index (χ0) is 14.1. The second-order valence-corrected chi connectivity index (χ2v) is 4.47. The predicted octanol–water partition coefficient (Wildman–Crippen LogP) is 3.27. The van der Waals surface area contributed by atoms with Gasteiger partial charge in [-0.1, -0.05) is 41.5 Å². The van der Waals surface area contributed by atoms with Gasteiger partial charge in [0, 0.05) is 27.2 Å². The van der Waals surface area contributed by atoms with Crippen molar-refractivity contribution in [1.82, 2.24) is 0 Å². The molecule has 0 aromatic heterocycles. The van der Waals surface area contributed by atoms with Gasteiger partial charge in [-0.3, -0.25) is 9.59 Å². The third kappa shape index (κ3) is 1.77. The fourth-order valence-electron chi connectivity index (χ4n) is 2.36. The van der Waals surface area contributed by atoms with E-state index in [0.29, 0.717) is 27.8 Å². The highest BCUT2D eigenvalue weighted by atomic mass is 16.1. The van der Waals surface area contributed by atoms with Gasteiger partial charge in [0.2, 0.25) is 0 Å². The number of azide groups is 1. The number of carbonyl (C=O) groups is 2. The monoisotopic (exact) mass is 263 g/mol. The summed E-state index contributed by atoms with van der Waals surface area (Å²) in [5.74, 6) is -0.316. The van der Waals surface area contributed by atoms with Crippen LogP contribution in [0, 0.1) is 0 Å². The van der Waals surface area contributed by atoms with Crippen LogP contribution in [0.25, 0.3) is 10.4 Å². The van der Waals surface area contributed by atoms with Crippen LogP contribution in [0.2, 0.25) is 0 Å². The maximum atomic E-state index is 12.4. The van der Waals surface area contributed by atoms with Crippen LogP contribution in [0.4, 0.5) is 0 Å². The zero-order valence-corrected chi connectivity index (χ0v) is 10.4. The molecule has 1 aliphatic rings. The van der Waals surface area contributed by atoms with Gasteiger partial charge >= 0.3 is 0 Å². The topological polar surface area (TPSA) is 82.9 Å². The van der Waals surface area contributed by atoms with E-state index in [1.165, 1.54) is 0 Å². The lowest BCUT2D eigenvalue weighted by Gasteiger charge is -2.17. The van der Waals surface area contributed by atoms with Gasteiger partial charge in [0.15, 0.2) is 11.6 Å². The lowest BCUT2D eigenvalue weighted by Crippen LogP contribution is -2.20. The molecule has 0 atom stereocenters. The van der Waals surface area contributed by atoms with Crippen molar-refractivity contribution >= 4 is 11.6 Å². The quantitative estimate of drug-likeness (QED) is 0.404. The molecule has 0 spiro atoms. The normalized spacial score (nSPS) is 12.4. The average molecular weight is 263 g/mol. The first kappa shape index (κ1) is 12.1. The first-order valence-electron chi connectivity index (χ1n) is 6.04. The zero-order valence-electron chi connectivity index (χ0n) is 10.4. The summed E-state index contributed by atoms with van der Waals surface area (Å²) in [6.45, 7) is 0.160.